The van der Waals surface area contributed by atoms with Crippen LogP contribution in [-0.2, 0) is 22.5 Å². The fraction of sp³-hybridized carbons (Fsp3) is 0.450. The van der Waals surface area contributed by atoms with Gasteiger partial charge in [0.15, 0.2) is 17.5 Å². The zero-order valence-electron chi connectivity index (χ0n) is 29.8. The summed E-state index contributed by atoms with van der Waals surface area (Å²) in [6.07, 6.45) is 4.05. The molecule has 3 aromatic heterocycles. The van der Waals surface area contributed by atoms with E-state index in [1.165, 1.54) is 11.1 Å². The SMILES string of the molecule is CCC(C)(C)OC(C(=O)O)c1c(C)nc(C)c(-c2ccc3c(c2)CCN(c2ncnc4c2oc2ccccc24)C3)c1N1CCC(C)(C)CC1. The van der Waals surface area contributed by atoms with Crippen LogP contribution < -0.4 is 9.80 Å². The minimum absolute atomic E-state index is 0.232. The summed E-state index contributed by atoms with van der Waals surface area (Å²) in [4.78, 5) is 31.9. The van der Waals surface area contributed by atoms with Crippen molar-refractivity contribution in [3.8, 4) is 11.1 Å². The van der Waals surface area contributed by atoms with Crippen molar-refractivity contribution < 1.29 is 19.1 Å². The lowest BCUT2D eigenvalue weighted by Crippen LogP contribution is -2.39. The van der Waals surface area contributed by atoms with Gasteiger partial charge in [-0.2, -0.15) is 0 Å². The van der Waals surface area contributed by atoms with Gasteiger partial charge in [0, 0.05) is 54.1 Å². The quantitative estimate of drug-likeness (QED) is 0.175. The van der Waals surface area contributed by atoms with Crippen molar-refractivity contribution in [3.05, 3.63) is 76.9 Å². The molecule has 0 aliphatic carbocycles. The van der Waals surface area contributed by atoms with E-state index in [0.29, 0.717) is 29.8 Å². The van der Waals surface area contributed by atoms with Crippen molar-refractivity contribution in [2.45, 2.75) is 92.4 Å². The fourth-order valence-electron chi connectivity index (χ4n) is 7.43. The lowest BCUT2D eigenvalue weighted by Gasteiger charge is -2.41. The Balaban J connectivity index is 1.30. The molecule has 1 saturated heterocycles. The van der Waals surface area contributed by atoms with E-state index in [1.807, 2.05) is 58.9 Å². The maximum Gasteiger partial charge on any atom is 0.337 e. The van der Waals surface area contributed by atoms with E-state index in [0.717, 1.165) is 83.7 Å². The number of pyridine rings is 1. The Morgan fingerprint density at radius 2 is 1.78 bits per heavy atom. The van der Waals surface area contributed by atoms with E-state index >= 15 is 0 Å². The molecule has 2 aromatic carbocycles. The monoisotopic (exact) mass is 661 g/mol. The average molecular weight is 662 g/mol. The number of hydrogen-bond acceptors (Lipinski definition) is 8. The first kappa shape index (κ1) is 33.0. The van der Waals surface area contributed by atoms with Crippen molar-refractivity contribution in [2.75, 3.05) is 29.4 Å². The van der Waals surface area contributed by atoms with E-state index in [1.54, 1.807) is 6.33 Å². The third-order valence-electron chi connectivity index (χ3n) is 10.7. The Kier molecular flexibility index (Phi) is 8.38. The minimum Gasteiger partial charge on any atom is -0.479 e. The Labute approximate surface area is 288 Å². The summed E-state index contributed by atoms with van der Waals surface area (Å²) in [5.74, 6) is -0.183. The van der Waals surface area contributed by atoms with Gasteiger partial charge in [0.05, 0.1) is 11.3 Å². The van der Waals surface area contributed by atoms with Gasteiger partial charge in [-0.05, 0) is 87.6 Å². The molecule has 9 nitrogen and oxygen atoms in total. The smallest absolute Gasteiger partial charge is 0.337 e. The number of hydrogen-bond donors (Lipinski definition) is 1. The second kappa shape index (κ2) is 12.4. The average Bonchev–Trinajstić information content (AvgIpc) is 3.46. The molecule has 1 N–H and O–H groups in total. The van der Waals surface area contributed by atoms with Crippen LogP contribution in [0.3, 0.4) is 0 Å². The molecule has 2 aliphatic heterocycles. The van der Waals surface area contributed by atoms with Gasteiger partial charge in [-0.25, -0.2) is 14.8 Å². The number of carboxylic acids is 1. The Hall–Kier alpha value is -4.50. The van der Waals surface area contributed by atoms with Crippen LogP contribution in [0, 0.1) is 19.3 Å². The molecule has 2 aliphatic rings. The largest absolute Gasteiger partial charge is 0.479 e. The van der Waals surface area contributed by atoms with Crippen LogP contribution in [0.4, 0.5) is 11.5 Å². The van der Waals surface area contributed by atoms with E-state index in [9.17, 15) is 9.90 Å². The van der Waals surface area contributed by atoms with Gasteiger partial charge in [0.2, 0.25) is 0 Å². The lowest BCUT2D eigenvalue weighted by atomic mass is 9.81. The van der Waals surface area contributed by atoms with Crippen molar-refractivity contribution in [2.24, 2.45) is 5.41 Å². The van der Waals surface area contributed by atoms with Gasteiger partial charge in [0.1, 0.15) is 17.4 Å². The topological polar surface area (TPSA) is 105 Å². The molecular weight excluding hydrogens is 614 g/mol. The van der Waals surface area contributed by atoms with Gasteiger partial charge in [-0.15, -0.1) is 0 Å². The van der Waals surface area contributed by atoms with Crippen LogP contribution in [0.15, 0.2) is 53.2 Å². The van der Waals surface area contributed by atoms with Gasteiger partial charge in [-0.3, -0.25) is 4.98 Å². The number of carboxylic acid groups (broad SMARTS) is 1. The number of fused-ring (bicyclic) bond motifs is 4. The zero-order chi connectivity index (χ0) is 34.7. The predicted molar refractivity (Wildman–Crippen MR) is 194 cm³/mol. The molecule has 5 aromatic rings. The van der Waals surface area contributed by atoms with Crippen LogP contribution >= 0.6 is 0 Å². The van der Waals surface area contributed by atoms with Crippen LogP contribution in [-0.4, -0.2) is 51.3 Å². The number of aromatic nitrogens is 3. The number of aliphatic carboxylic acids is 1. The first-order chi connectivity index (χ1) is 23.4. The lowest BCUT2D eigenvalue weighted by molar-refractivity contribution is -0.162. The molecule has 0 spiro atoms. The Bertz CT molecular complexity index is 2060. The summed E-state index contributed by atoms with van der Waals surface area (Å²) in [5.41, 5.74) is 9.74. The van der Waals surface area contributed by atoms with Crippen molar-refractivity contribution in [3.63, 3.8) is 0 Å². The molecule has 5 heterocycles. The molecule has 0 saturated carbocycles. The number of para-hydroxylation sites is 1. The van der Waals surface area contributed by atoms with Crippen molar-refractivity contribution in [1.29, 1.82) is 0 Å². The highest BCUT2D eigenvalue weighted by Gasteiger charge is 2.37. The molecule has 0 bridgehead atoms. The first-order valence-corrected chi connectivity index (χ1v) is 17.5. The minimum atomic E-state index is -1.14. The van der Waals surface area contributed by atoms with E-state index in [2.05, 4.69) is 51.8 Å². The third kappa shape index (κ3) is 6.14. The third-order valence-corrected chi connectivity index (χ3v) is 10.7. The molecule has 49 heavy (non-hydrogen) atoms. The van der Waals surface area contributed by atoms with Gasteiger partial charge < -0.3 is 24.1 Å². The molecule has 7 rings (SSSR count). The van der Waals surface area contributed by atoms with Crippen molar-refractivity contribution >= 4 is 39.5 Å². The number of carbonyl (C=O) groups is 1. The summed E-state index contributed by atoms with van der Waals surface area (Å²) >= 11 is 0. The van der Waals surface area contributed by atoms with Gasteiger partial charge in [0.25, 0.3) is 0 Å². The van der Waals surface area contributed by atoms with Crippen LogP contribution in [0.25, 0.3) is 33.2 Å². The number of anilines is 2. The highest BCUT2D eigenvalue weighted by molar-refractivity contribution is 6.05. The second-order valence-corrected chi connectivity index (χ2v) is 15.1. The zero-order valence-corrected chi connectivity index (χ0v) is 29.8. The number of nitrogens with zero attached hydrogens (tertiary/aromatic N) is 5. The molecule has 0 amide bonds. The molecular formula is C40H47N5O4. The second-order valence-electron chi connectivity index (χ2n) is 15.1. The molecule has 1 atom stereocenters. The summed E-state index contributed by atoms with van der Waals surface area (Å²) < 4.78 is 12.7. The van der Waals surface area contributed by atoms with Crippen LogP contribution in [0.5, 0.6) is 0 Å². The van der Waals surface area contributed by atoms with Gasteiger partial charge >= 0.3 is 5.97 Å². The number of piperidine rings is 1. The van der Waals surface area contributed by atoms with E-state index < -0.39 is 17.7 Å². The number of ether oxygens (including phenoxy) is 1. The highest BCUT2D eigenvalue weighted by Crippen LogP contribution is 2.46. The number of furan rings is 1. The Morgan fingerprint density at radius 1 is 1.02 bits per heavy atom. The normalized spacial score (nSPS) is 17.0. The molecule has 1 unspecified atom stereocenters. The summed E-state index contributed by atoms with van der Waals surface area (Å²) in [6.45, 7) is 17.7. The number of benzene rings is 2. The predicted octanol–water partition coefficient (Wildman–Crippen LogP) is 8.57. The maximum atomic E-state index is 13.0. The fourth-order valence-corrected chi connectivity index (χ4v) is 7.43. The van der Waals surface area contributed by atoms with E-state index in [-0.39, 0.29) is 5.41 Å². The van der Waals surface area contributed by atoms with Crippen LogP contribution in [0.1, 0.15) is 88.1 Å². The number of aryl methyl sites for hydroxylation is 2. The summed E-state index contributed by atoms with van der Waals surface area (Å²) in [7, 11) is 0. The molecule has 1 fully saturated rings. The summed E-state index contributed by atoms with van der Waals surface area (Å²) in [6, 6.07) is 14.6. The Morgan fingerprint density at radius 3 is 2.51 bits per heavy atom. The molecule has 0 radical (unpaired) electrons. The van der Waals surface area contributed by atoms with Crippen LogP contribution in [0.2, 0.25) is 0 Å². The standard InChI is InChI=1S/C40H47N5O4/c1-8-40(6,7)49-35(38(46)47)32-25(3)43-24(2)31(34(32)44-19-16-39(4,5)17-20-44)27-13-14-28-22-45(18-15-26(28)21-27)37-36-33(41-23-42-37)29-11-9-10-12-30(29)48-36/h9-14,21,23,35H,8,15-20,22H2,1-7H3,(H,46,47). The van der Waals surface area contributed by atoms with Gasteiger partial charge in [-0.1, -0.05) is 51.1 Å². The molecule has 9 heteroatoms. The highest BCUT2D eigenvalue weighted by atomic mass is 16.5. The molecule has 256 valence electrons. The summed E-state index contributed by atoms with van der Waals surface area (Å²) in [5, 5.41) is 11.6. The van der Waals surface area contributed by atoms with Crippen molar-refractivity contribution in [1.82, 2.24) is 15.0 Å². The number of rotatable bonds is 8. The first-order valence-electron chi connectivity index (χ1n) is 17.5. The van der Waals surface area contributed by atoms with E-state index in [4.69, 9.17) is 14.1 Å². The maximum absolute atomic E-state index is 13.0.